The highest BCUT2D eigenvalue weighted by atomic mass is 19.1. The number of amides is 3. The van der Waals surface area contributed by atoms with Crippen molar-refractivity contribution in [1.29, 1.82) is 0 Å². The summed E-state index contributed by atoms with van der Waals surface area (Å²) in [6.45, 7) is 3.49. The molecule has 45 heavy (non-hydrogen) atoms. The second kappa shape index (κ2) is 11.1. The molecule has 238 valence electrons. The summed E-state index contributed by atoms with van der Waals surface area (Å²) in [6, 6.07) is 5.90. The Kier molecular flexibility index (Phi) is 7.50. The normalized spacial score (nSPS) is 22.2. The van der Waals surface area contributed by atoms with E-state index in [-0.39, 0.29) is 41.7 Å². The molecule has 1 saturated carbocycles. The minimum atomic E-state index is -1.13. The zero-order valence-corrected chi connectivity index (χ0v) is 25.8. The number of carbonyl (C=O) groups excluding carboxylic acids is 3. The molecule has 3 aliphatic heterocycles. The lowest BCUT2D eigenvalue weighted by molar-refractivity contribution is 0.0676. The van der Waals surface area contributed by atoms with Gasteiger partial charge in [-0.15, -0.1) is 0 Å². The second-order valence-electron chi connectivity index (χ2n) is 12.9. The van der Waals surface area contributed by atoms with Crippen molar-refractivity contribution < 1.29 is 23.9 Å². The van der Waals surface area contributed by atoms with Crippen molar-refractivity contribution in [2.24, 2.45) is 5.41 Å². The van der Waals surface area contributed by atoms with Crippen molar-refractivity contribution >= 4 is 17.7 Å². The maximum absolute atomic E-state index is 13.8. The van der Waals surface area contributed by atoms with E-state index in [2.05, 4.69) is 25.6 Å². The predicted molar refractivity (Wildman–Crippen MR) is 160 cm³/mol. The van der Waals surface area contributed by atoms with E-state index in [1.807, 2.05) is 14.1 Å². The van der Waals surface area contributed by atoms with E-state index in [1.54, 1.807) is 24.9 Å². The third kappa shape index (κ3) is 5.36. The number of aromatic hydroxyl groups is 1. The first-order valence-electron chi connectivity index (χ1n) is 15.0. The SMILES string of the molecule is Cc1cc(CNC(=O)c2nc3n(c(=O)c2O)CC2(CN(C)C)CCC3(NC(=O)c3cc4n(n3)CCN(C)C4=O)CC2)ccc1F. The fourth-order valence-electron chi connectivity index (χ4n) is 6.98. The van der Waals surface area contributed by atoms with E-state index in [9.17, 15) is 28.7 Å². The maximum atomic E-state index is 13.8. The predicted octanol–water partition coefficient (Wildman–Crippen LogP) is 1.37. The number of aryl methyl sites for hydroxylation is 1. The lowest BCUT2D eigenvalue weighted by Gasteiger charge is -2.43. The fraction of sp³-hybridized carbons (Fsp3) is 0.484. The molecule has 3 aromatic rings. The van der Waals surface area contributed by atoms with Gasteiger partial charge in [0.15, 0.2) is 11.4 Å². The van der Waals surface area contributed by atoms with Gasteiger partial charge in [0.05, 0.1) is 12.1 Å². The molecule has 0 radical (unpaired) electrons. The highest BCUT2D eigenvalue weighted by Gasteiger charge is 2.52. The molecule has 3 amide bonds. The number of nitrogens with one attached hydrogen (secondary N) is 2. The van der Waals surface area contributed by atoms with Crippen LogP contribution in [-0.4, -0.2) is 86.2 Å². The summed E-state index contributed by atoms with van der Waals surface area (Å²) in [6.07, 6.45) is 2.19. The van der Waals surface area contributed by atoms with Crippen LogP contribution in [-0.2, 0) is 25.2 Å². The van der Waals surface area contributed by atoms with Crippen LogP contribution in [0.15, 0.2) is 29.1 Å². The number of halogens is 1. The summed E-state index contributed by atoms with van der Waals surface area (Å²) in [4.78, 5) is 61.7. The van der Waals surface area contributed by atoms with Crippen molar-refractivity contribution in [3.63, 3.8) is 0 Å². The van der Waals surface area contributed by atoms with Crippen LogP contribution < -0.4 is 16.2 Å². The number of likely N-dealkylation sites (N-methyl/N-ethyl adjacent to an activating group) is 1. The molecule has 1 fully saturated rings. The van der Waals surface area contributed by atoms with Gasteiger partial charge in [0.25, 0.3) is 23.3 Å². The minimum absolute atomic E-state index is 0.0201. The number of aromatic nitrogens is 4. The molecule has 0 unspecified atom stereocenters. The molecule has 2 bridgehead atoms. The second-order valence-corrected chi connectivity index (χ2v) is 12.9. The number of hydrogen-bond acceptors (Lipinski definition) is 8. The van der Waals surface area contributed by atoms with Crippen molar-refractivity contribution in [3.8, 4) is 5.75 Å². The van der Waals surface area contributed by atoms with E-state index < -0.39 is 34.4 Å². The average molecular weight is 621 g/mol. The molecule has 0 saturated heterocycles. The van der Waals surface area contributed by atoms with E-state index in [4.69, 9.17) is 0 Å². The van der Waals surface area contributed by atoms with E-state index in [0.29, 0.717) is 62.1 Å². The average Bonchev–Trinajstić information content (AvgIpc) is 3.34. The van der Waals surface area contributed by atoms with Crippen LogP contribution in [0.1, 0.15) is 74.1 Å². The molecule has 7 rings (SSSR count). The lowest BCUT2D eigenvalue weighted by atomic mass is 9.68. The minimum Gasteiger partial charge on any atom is -0.501 e. The molecule has 2 aromatic heterocycles. The van der Waals surface area contributed by atoms with Gasteiger partial charge in [-0.3, -0.25) is 28.4 Å². The number of fused-ring (bicyclic) bond motifs is 3. The highest BCUT2D eigenvalue weighted by molar-refractivity contribution is 5.98. The van der Waals surface area contributed by atoms with Gasteiger partial charge in [0.2, 0.25) is 5.75 Å². The van der Waals surface area contributed by atoms with Crippen LogP contribution in [0.2, 0.25) is 0 Å². The van der Waals surface area contributed by atoms with Crippen LogP contribution in [0, 0.1) is 18.2 Å². The standard InChI is InChI=1S/C31H37FN8O5/c1-18-13-19(5-6-20(18)32)15-33-26(43)23-24(41)28(45)39-17-30(16-37(2)3)7-9-31(10-8-30,29(39)34-23)35-25(42)21-14-22-27(44)38(4)11-12-40(22)36-21/h5-6,13-14,41H,7-12,15-17H2,1-4H3,(H,33,43)(H,35,42). The van der Waals surface area contributed by atoms with Crippen molar-refractivity contribution in [3.05, 3.63) is 74.5 Å². The zero-order valence-electron chi connectivity index (χ0n) is 25.8. The molecule has 0 atom stereocenters. The molecule has 14 heteroatoms. The van der Waals surface area contributed by atoms with Crippen LogP contribution in [0.5, 0.6) is 5.75 Å². The Morgan fingerprint density at radius 2 is 1.82 bits per heavy atom. The first-order chi connectivity index (χ1) is 21.3. The molecule has 13 nitrogen and oxygen atoms in total. The van der Waals surface area contributed by atoms with Gasteiger partial charge >= 0.3 is 0 Å². The monoisotopic (exact) mass is 620 g/mol. The molecule has 0 spiro atoms. The Bertz CT molecular complexity index is 1770. The van der Waals surface area contributed by atoms with Gasteiger partial charge in [-0.25, -0.2) is 9.37 Å². The molecule has 1 aromatic carbocycles. The quantitative estimate of drug-likeness (QED) is 0.358. The van der Waals surface area contributed by atoms with Crippen molar-refractivity contribution in [2.45, 2.75) is 57.8 Å². The topological polar surface area (TPSA) is 155 Å². The summed E-state index contributed by atoms with van der Waals surface area (Å²) >= 11 is 0. The Balaban J connectivity index is 1.37. The van der Waals surface area contributed by atoms with Crippen LogP contribution >= 0.6 is 0 Å². The van der Waals surface area contributed by atoms with Gasteiger partial charge in [0, 0.05) is 44.7 Å². The third-order valence-corrected chi connectivity index (χ3v) is 9.35. The van der Waals surface area contributed by atoms with E-state index in [1.165, 1.54) is 27.4 Å². The largest absolute Gasteiger partial charge is 0.501 e. The third-order valence-electron chi connectivity index (χ3n) is 9.35. The smallest absolute Gasteiger partial charge is 0.296 e. The Morgan fingerprint density at radius 1 is 1.09 bits per heavy atom. The van der Waals surface area contributed by atoms with E-state index >= 15 is 0 Å². The molecule has 5 heterocycles. The summed E-state index contributed by atoms with van der Waals surface area (Å²) in [7, 11) is 5.60. The number of hydrogen-bond donors (Lipinski definition) is 3. The number of carbonyl (C=O) groups is 3. The Hall–Kier alpha value is -4.59. The first kappa shape index (κ1) is 30.4. The van der Waals surface area contributed by atoms with Crippen molar-refractivity contribution in [1.82, 2.24) is 39.8 Å². The Morgan fingerprint density at radius 3 is 2.51 bits per heavy atom. The van der Waals surface area contributed by atoms with Gasteiger partial charge < -0.3 is 25.5 Å². The maximum Gasteiger partial charge on any atom is 0.296 e. The summed E-state index contributed by atoms with van der Waals surface area (Å²) in [5, 5.41) is 21.1. The number of nitrogens with zero attached hydrogens (tertiary/aromatic N) is 6. The summed E-state index contributed by atoms with van der Waals surface area (Å²) in [5.74, 6) is -2.49. The zero-order chi connectivity index (χ0) is 32.3. The van der Waals surface area contributed by atoms with E-state index in [0.717, 1.165) is 0 Å². The molecular formula is C31H37FN8O5. The highest BCUT2D eigenvalue weighted by Crippen LogP contribution is 2.49. The molecule has 1 aliphatic carbocycles. The molecule has 3 N–H and O–H groups in total. The van der Waals surface area contributed by atoms with Gasteiger partial charge in [-0.1, -0.05) is 12.1 Å². The van der Waals surface area contributed by atoms with Crippen molar-refractivity contribution in [2.75, 3.05) is 34.2 Å². The Labute approximate surface area is 259 Å². The first-order valence-corrected chi connectivity index (χ1v) is 15.0. The van der Waals surface area contributed by atoms with Crippen LogP contribution in [0.25, 0.3) is 0 Å². The van der Waals surface area contributed by atoms with Gasteiger partial charge in [0.1, 0.15) is 17.3 Å². The van der Waals surface area contributed by atoms with Gasteiger partial charge in [-0.2, -0.15) is 5.10 Å². The fourth-order valence-corrected chi connectivity index (χ4v) is 6.98. The van der Waals surface area contributed by atoms with Gasteiger partial charge in [-0.05, 0) is 63.9 Å². The molecular weight excluding hydrogens is 583 g/mol. The molecule has 4 aliphatic rings. The van der Waals surface area contributed by atoms with Crippen LogP contribution in [0.4, 0.5) is 4.39 Å². The number of rotatable bonds is 7. The summed E-state index contributed by atoms with van der Waals surface area (Å²) in [5.41, 5.74) is -1.24. The summed E-state index contributed by atoms with van der Waals surface area (Å²) < 4.78 is 16.6. The lowest BCUT2D eigenvalue weighted by Crippen LogP contribution is -2.51. The number of benzene rings is 1. The van der Waals surface area contributed by atoms with Crippen LogP contribution in [0.3, 0.4) is 0 Å².